The molecule has 1 aliphatic carbocycles. The molecule has 3 N–H and O–H groups in total. The molecule has 1 saturated heterocycles. The lowest BCUT2D eigenvalue weighted by Gasteiger charge is -2.36. The number of carbonyl (C=O) groups is 2. The molecule has 2 fully saturated rings. The van der Waals surface area contributed by atoms with Crippen LogP contribution < -0.4 is 16.0 Å². The fraction of sp³-hybridized carbons (Fsp3) is 0.538. The fourth-order valence-corrected chi connectivity index (χ4v) is 5.17. The second kappa shape index (κ2) is 6.77. The average molecular weight is 388 g/mol. The molecule has 1 saturated carbocycles. The highest BCUT2D eigenvalue weighted by Gasteiger charge is 2.42. The van der Waals surface area contributed by atoms with Crippen molar-refractivity contribution in [1.29, 1.82) is 0 Å². The fourth-order valence-electron chi connectivity index (χ4n) is 3.10. The number of nitrogens with one attached hydrogen (secondary N) is 3. The van der Waals surface area contributed by atoms with Crippen LogP contribution in [0.15, 0.2) is 20.7 Å². The summed E-state index contributed by atoms with van der Waals surface area (Å²) in [4.78, 5) is 51.2. The van der Waals surface area contributed by atoms with Crippen LogP contribution in [0.2, 0.25) is 0 Å². The van der Waals surface area contributed by atoms with Gasteiger partial charge in [-0.3, -0.25) is 24.3 Å². The molecule has 3 rings (SSSR count). The van der Waals surface area contributed by atoms with E-state index >= 15 is 0 Å². The van der Waals surface area contributed by atoms with Crippen molar-refractivity contribution in [3.8, 4) is 0 Å². The number of hydrogen-bond donors (Lipinski definition) is 3. The smallest absolute Gasteiger partial charge is 0.313 e. The molecule has 2 atom stereocenters. The van der Waals surface area contributed by atoms with Gasteiger partial charge in [-0.25, -0.2) is 17.9 Å². The quantitative estimate of drug-likeness (QED) is 0.620. The number of amides is 2. The third-order valence-corrected chi connectivity index (χ3v) is 6.56. The van der Waals surface area contributed by atoms with E-state index < -0.39 is 38.3 Å². The van der Waals surface area contributed by atoms with Crippen molar-refractivity contribution in [3.63, 3.8) is 0 Å². The summed E-state index contributed by atoms with van der Waals surface area (Å²) in [5.74, 6) is -0.290. The van der Waals surface area contributed by atoms with Gasteiger partial charge < -0.3 is 4.98 Å². The van der Waals surface area contributed by atoms with Crippen LogP contribution >= 0.6 is 11.8 Å². The molecule has 2 heterocycles. The summed E-state index contributed by atoms with van der Waals surface area (Å²) in [5, 5.41) is -0.386. The van der Waals surface area contributed by atoms with E-state index in [1.165, 1.54) is 0 Å². The summed E-state index contributed by atoms with van der Waals surface area (Å²) in [6.45, 7) is 0. The number of carbonyl (C=O) groups excluding carboxylic acids is 2. The van der Waals surface area contributed by atoms with Crippen molar-refractivity contribution >= 4 is 32.9 Å². The summed E-state index contributed by atoms with van der Waals surface area (Å²) in [6.07, 6.45) is 3.25. The zero-order valence-electron chi connectivity index (χ0n) is 13.0. The van der Waals surface area contributed by atoms with Crippen molar-refractivity contribution in [2.24, 2.45) is 0 Å². The Hall–Kier alpha value is -1.92. The maximum atomic E-state index is 12.5. The highest BCUT2D eigenvalue weighted by atomic mass is 32.2. The molecule has 1 aromatic rings. The SMILES string of the molecule is O=C1CSC(=O)N1[C@H]1CCCC[C@H]1NS(=O)(=O)c1c[nH]c(=O)[nH]c1=O. The molecule has 1 aromatic heterocycles. The molecular weight excluding hydrogens is 372 g/mol. The van der Waals surface area contributed by atoms with Crippen LogP contribution in [0.3, 0.4) is 0 Å². The number of rotatable bonds is 4. The van der Waals surface area contributed by atoms with Gasteiger partial charge >= 0.3 is 5.69 Å². The molecule has 0 radical (unpaired) electrons. The lowest BCUT2D eigenvalue weighted by molar-refractivity contribution is -0.127. The van der Waals surface area contributed by atoms with E-state index in [-0.39, 0.29) is 16.9 Å². The van der Waals surface area contributed by atoms with Gasteiger partial charge in [0.05, 0.1) is 11.8 Å². The first kappa shape index (κ1) is 17.9. The highest BCUT2D eigenvalue weighted by molar-refractivity contribution is 8.14. The van der Waals surface area contributed by atoms with E-state index in [1.54, 1.807) is 0 Å². The third kappa shape index (κ3) is 3.55. The molecular formula is C13H16N4O6S2. The highest BCUT2D eigenvalue weighted by Crippen LogP contribution is 2.30. The average Bonchev–Trinajstić information content (AvgIpc) is 2.86. The number of aromatic nitrogens is 2. The van der Waals surface area contributed by atoms with Crippen LogP contribution in [0, 0.1) is 0 Å². The van der Waals surface area contributed by atoms with Gasteiger partial charge in [0, 0.05) is 12.2 Å². The van der Waals surface area contributed by atoms with Crippen molar-refractivity contribution in [2.45, 2.75) is 42.7 Å². The zero-order chi connectivity index (χ0) is 18.2. The number of H-pyrrole nitrogens is 2. The maximum absolute atomic E-state index is 12.5. The monoisotopic (exact) mass is 388 g/mol. The molecule has 0 unspecified atom stereocenters. The summed E-state index contributed by atoms with van der Waals surface area (Å²) in [6, 6.07) is -1.27. The Morgan fingerprint density at radius 3 is 2.52 bits per heavy atom. The van der Waals surface area contributed by atoms with Crippen LogP contribution in [0.5, 0.6) is 0 Å². The minimum Gasteiger partial charge on any atom is -0.313 e. The van der Waals surface area contributed by atoms with Crippen LogP contribution in [-0.2, 0) is 14.8 Å². The van der Waals surface area contributed by atoms with Crippen LogP contribution in [0.1, 0.15) is 25.7 Å². The minimum atomic E-state index is -4.22. The van der Waals surface area contributed by atoms with Crippen LogP contribution in [0.25, 0.3) is 0 Å². The van der Waals surface area contributed by atoms with E-state index in [2.05, 4.69) is 9.71 Å². The first-order chi connectivity index (χ1) is 11.8. The summed E-state index contributed by atoms with van der Waals surface area (Å²) in [7, 11) is -4.22. The molecule has 25 heavy (non-hydrogen) atoms. The van der Waals surface area contributed by atoms with Crippen molar-refractivity contribution in [2.75, 3.05) is 5.75 Å². The Morgan fingerprint density at radius 1 is 1.16 bits per heavy atom. The lowest BCUT2D eigenvalue weighted by atomic mass is 9.90. The minimum absolute atomic E-state index is 0.0500. The molecule has 12 heteroatoms. The molecule has 1 aliphatic heterocycles. The number of nitrogens with zero attached hydrogens (tertiary/aromatic N) is 1. The summed E-state index contributed by atoms with van der Waals surface area (Å²) < 4.78 is 27.4. The summed E-state index contributed by atoms with van der Waals surface area (Å²) >= 11 is 0.893. The molecule has 0 spiro atoms. The molecule has 0 bridgehead atoms. The van der Waals surface area contributed by atoms with Crippen LogP contribution in [0.4, 0.5) is 4.79 Å². The molecule has 2 aliphatic rings. The number of aromatic amines is 2. The third-order valence-electron chi connectivity index (χ3n) is 4.23. The van der Waals surface area contributed by atoms with Gasteiger partial charge in [0.25, 0.3) is 10.8 Å². The van der Waals surface area contributed by atoms with Gasteiger partial charge in [-0.05, 0) is 12.8 Å². The van der Waals surface area contributed by atoms with Crippen molar-refractivity contribution < 1.29 is 18.0 Å². The molecule has 136 valence electrons. The van der Waals surface area contributed by atoms with E-state index in [0.717, 1.165) is 35.7 Å². The lowest BCUT2D eigenvalue weighted by Crippen LogP contribution is -2.55. The molecule has 0 aromatic carbocycles. The van der Waals surface area contributed by atoms with Gasteiger partial charge in [-0.1, -0.05) is 24.6 Å². The maximum Gasteiger partial charge on any atom is 0.325 e. The van der Waals surface area contributed by atoms with Gasteiger partial charge in [0.15, 0.2) is 4.90 Å². The standard InChI is InChI=1S/C13H16N4O6S2/c18-10-6-24-13(21)17(10)8-4-2-1-3-7(8)16-25(22,23)9-5-14-12(20)15-11(9)19/h5,7-8,16H,1-4,6H2,(H2,14,15,19,20)/t7-,8+/m1/s1. The summed E-state index contributed by atoms with van der Waals surface area (Å²) in [5.41, 5.74) is -1.85. The normalized spacial score (nSPS) is 24.7. The second-order valence-corrected chi connectivity index (χ2v) is 8.44. The predicted molar refractivity (Wildman–Crippen MR) is 88.7 cm³/mol. The molecule has 10 nitrogen and oxygen atoms in total. The van der Waals surface area contributed by atoms with E-state index in [0.29, 0.717) is 12.8 Å². The first-order valence-corrected chi connectivity index (χ1v) is 10.1. The van der Waals surface area contributed by atoms with E-state index in [4.69, 9.17) is 0 Å². The Labute approximate surface area is 146 Å². The Morgan fingerprint density at radius 2 is 1.88 bits per heavy atom. The predicted octanol–water partition coefficient (Wildman–Crippen LogP) is -0.652. The van der Waals surface area contributed by atoms with E-state index in [1.807, 2.05) is 4.98 Å². The number of imide groups is 1. The Balaban J connectivity index is 1.88. The van der Waals surface area contributed by atoms with Gasteiger partial charge in [-0.2, -0.15) is 0 Å². The van der Waals surface area contributed by atoms with E-state index in [9.17, 15) is 27.6 Å². The first-order valence-electron chi connectivity index (χ1n) is 7.63. The Bertz CT molecular complexity index is 905. The van der Waals surface area contributed by atoms with Gasteiger partial charge in [-0.15, -0.1) is 0 Å². The van der Waals surface area contributed by atoms with Crippen molar-refractivity contribution in [3.05, 3.63) is 27.0 Å². The number of hydrogen-bond acceptors (Lipinski definition) is 7. The largest absolute Gasteiger partial charge is 0.325 e. The van der Waals surface area contributed by atoms with Gasteiger partial charge in [0.1, 0.15) is 0 Å². The number of thioether (sulfide) groups is 1. The Kier molecular flexibility index (Phi) is 4.84. The molecule has 2 amide bonds. The van der Waals surface area contributed by atoms with Crippen LogP contribution in [-0.4, -0.2) is 52.3 Å². The van der Waals surface area contributed by atoms with Crippen molar-refractivity contribution in [1.82, 2.24) is 19.6 Å². The number of sulfonamides is 1. The second-order valence-electron chi connectivity index (χ2n) is 5.83. The van der Waals surface area contributed by atoms with Gasteiger partial charge in [0.2, 0.25) is 15.9 Å². The zero-order valence-corrected chi connectivity index (χ0v) is 14.6. The topological polar surface area (TPSA) is 149 Å².